The Balaban J connectivity index is 0.000000810. The van der Waals surface area contributed by atoms with Crippen molar-refractivity contribution in [2.24, 2.45) is 0 Å². The predicted molar refractivity (Wildman–Crippen MR) is 44.9 cm³/mol. The van der Waals surface area contributed by atoms with E-state index in [1.165, 1.54) is 17.7 Å². The molecule has 0 aliphatic heterocycles. The van der Waals surface area contributed by atoms with Crippen molar-refractivity contribution in [2.45, 2.75) is 19.8 Å². The van der Waals surface area contributed by atoms with E-state index < -0.39 is 0 Å². The zero-order valence-corrected chi connectivity index (χ0v) is 8.68. The molecule has 0 atom stereocenters. The van der Waals surface area contributed by atoms with Crippen LogP contribution in [0.15, 0.2) is 9.85 Å². The van der Waals surface area contributed by atoms with Gasteiger partial charge >= 0.3 is 18.9 Å². The number of aryl methyl sites for hydroxylation is 1. The molecule has 0 amide bonds. The quantitative estimate of drug-likeness (QED) is 0.486. The van der Waals surface area contributed by atoms with E-state index in [1.807, 2.05) is 5.38 Å². The van der Waals surface area contributed by atoms with Crippen molar-refractivity contribution >= 4 is 27.3 Å². The smallest absolute Gasteiger partial charge is 0.269 e. The summed E-state index contributed by atoms with van der Waals surface area (Å²) in [4.78, 5) is 1.41. The molecule has 0 aliphatic carbocycles. The van der Waals surface area contributed by atoms with Gasteiger partial charge in [-0.15, -0.1) is 14.7 Å². The first-order valence-electron chi connectivity index (χ1n) is 2.98. The van der Waals surface area contributed by atoms with E-state index in [2.05, 4.69) is 28.9 Å². The number of hydrogen-bond acceptors (Lipinski definition) is 1. The Hall–Kier alpha value is 0.777. The second kappa shape index (κ2) is 5.43. The zero-order chi connectivity index (χ0) is 6.69. The van der Waals surface area contributed by atoms with Gasteiger partial charge in [0, 0.05) is 0 Å². The van der Waals surface area contributed by atoms with Crippen LogP contribution in [0, 0.1) is 6.07 Å². The van der Waals surface area contributed by atoms with E-state index in [9.17, 15) is 0 Å². The first-order chi connectivity index (χ1) is 4.34. The van der Waals surface area contributed by atoms with Crippen LogP contribution in [0.3, 0.4) is 0 Å². The molecule has 0 nitrogen and oxygen atoms in total. The fourth-order valence-corrected chi connectivity index (χ4v) is 2.23. The molecule has 0 radical (unpaired) electrons. The average Bonchev–Trinajstić information content (AvgIpc) is 2.18. The van der Waals surface area contributed by atoms with Crippen LogP contribution in [-0.4, -0.2) is 0 Å². The van der Waals surface area contributed by atoms with Gasteiger partial charge in [0.15, 0.2) is 0 Å². The van der Waals surface area contributed by atoms with Gasteiger partial charge in [0.2, 0.25) is 0 Å². The molecule has 3 heteroatoms. The molecule has 1 aromatic rings. The van der Waals surface area contributed by atoms with Gasteiger partial charge in [-0.2, -0.15) is 0 Å². The number of hydrogen-bond donors (Lipinski definition) is 0. The van der Waals surface area contributed by atoms with Crippen LogP contribution in [0.1, 0.15) is 18.2 Å². The van der Waals surface area contributed by atoms with Gasteiger partial charge in [-0.1, -0.05) is 35.7 Å². The third-order valence-electron chi connectivity index (χ3n) is 1.11. The van der Waals surface area contributed by atoms with Crippen LogP contribution in [0.4, 0.5) is 0 Å². The largest absolute Gasteiger partial charge is 1.00 e. The molecule has 0 spiro atoms. The Morgan fingerprint density at radius 3 is 2.80 bits per heavy atom. The van der Waals surface area contributed by atoms with E-state index >= 15 is 0 Å². The van der Waals surface area contributed by atoms with Crippen molar-refractivity contribution < 1.29 is 18.9 Å². The van der Waals surface area contributed by atoms with Gasteiger partial charge in [0.05, 0.1) is 0 Å². The van der Waals surface area contributed by atoms with E-state index in [-0.39, 0.29) is 18.9 Å². The van der Waals surface area contributed by atoms with Gasteiger partial charge in [-0.3, -0.25) is 11.3 Å². The second-order valence-electron chi connectivity index (χ2n) is 1.87. The molecular weight excluding hydrogens is 203 g/mol. The molecule has 1 aromatic heterocycles. The molecule has 50 valence electrons. The van der Waals surface area contributed by atoms with Crippen molar-refractivity contribution in [3.8, 4) is 0 Å². The summed E-state index contributed by atoms with van der Waals surface area (Å²) >= 11 is 5.19. The second-order valence-corrected chi connectivity index (χ2v) is 3.62. The van der Waals surface area contributed by atoms with Gasteiger partial charge in [-0.05, 0) is 0 Å². The predicted octanol–water partition coefficient (Wildman–Crippen LogP) is 0.267. The van der Waals surface area contributed by atoms with Crippen LogP contribution in [-0.2, 0) is 6.42 Å². The van der Waals surface area contributed by atoms with Crippen molar-refractivity contribution in [3.05, 3.63) is 20.8 Å². The standard InChI is InChI=1S/C7H8BrS.Li/c1-2-3-7-6(8)4-5-9-7;/h5H,2-3H2,1H3;/q-1;+1. The summed E-state index contributed by atoms with van der Waals surface area (Å²) < 4.78 is 1.15. The van der Waals surface area contributed by atoms with E-state index in [0.717, 1.165) is 4.47 Å². The zero-order valence-electron chi connectivity index (χ0n) is 6.28. The molecule has 0 aromatic carbocycles. The normalized spacial score (nSPS) is 9.00. The summed E-state index contributed by atoms with van der Waals surface area (Å²) in [6.07, 6.45) is 2.39. The summed E-state index contributed by atoms with van der Waals surface area (Å²) in [6, 6.07) is 3.09. The van der Waals surface area contributed by atoms with E-state index in [0.29, 0.717) is 0 Å². The maximum Gasteiger partial charge on any atom is 1.00 e. The van der Waals surface area contributed by atoms with Crippen LogP contribution in [0.5, 0.6) is 0 Å². The van der Waals surface area contributed by atoms with Crippen molar-refractivity contribution in [3.63, 3.8) is 0 Å². The van der Waals surface area contributed by atoms with Crippen LogP contribution in [0.2, 0.25) is 0 Å². The average molecular weight is 211 g/mol. The molecule has 10 heavy (non-hydrogen) atoms. The SMILES string of the molecule is CCCc1sc[c-]c1Br.[Li+]. The van der Waals surface area contributed by atoms with Gasteiger partial charge in [0.25, 0.3) is 0 Å². The summed E-state index contributed by atoms with van der Waals surface area (Å²) in [5.74, 6) is 0. The molecule has 1 heterocycles. The van der Waals surface area contributed by atoms with Crippen molar-refractivity contribution in [1.29, 1.82) is 0 Å². The third-order valence-corrected chi connectivity index (χ3v) is 3.01. The van der Waals surface area contributed by atoms with Crippen molar-refractivity contribution in [2.75, 3.05) is 0 Å². The van der Waals surface area contributed by atoms with Gasteiger partial charge in [0.1, 0.15) is 0 Å². The van der Waals surface area contributed by atoms with E-state index in [4.69, 9.17) is 0 Å². The minimum Gasteiger partial charge on any atom is -0.269 e. The number of rotatable bonds is 2. The third kappa shape index (κ3) is 2.80. The van der Waals surface area contributed by atoms with Crippen LogP contribution in [0.25, 0.3) is 0 Å². The topological polar surface area (TPSA) is 0 Å². The Kier molecular flexibility index (Phi) is 5.85. The Bertz CT molecular complexity index is 185. The minimum absolute atomic E-state index is 0. The molecule has 0 unspecified atom stereocenters. The monoisotopic (exact) mass is 210 g/mol. The maximum atomic E-state index is 3.42. The van der Waals surface area contributed by atoms with Gasteiger partial charge in [-0.25, -0.2) is 6.07 Å². The maximum absolute atomic E-state index is 3.42. The fourth-order valence-electron chi connectivity index (χ4n) is 0.680. The Morgan fingerprint density at radius 1 is 1.70 bits per heavy atom. The molecule has 0 saturated carbocycles. The van der Waals surface area contributed by atoms with E-state index in [1.54, 1.807) is 11.3 Å². The van der Waals surface area contributed by atoms with Crippen LogP contribution < -0.4 is 18.9 Å². The van der Waals surface area contributed by atoms with Gasteiger partial charge < -0.3 is 0 Å². The molecule has 0 saturated heterocycles. The summed E-state index contributed by atoms with van der Waals surface area (Å²) in [6.45, 7) is 2.19. The number of thiophene rings is 1. The first-order valence-corrected chi connectivity index (χ1v) is 4.65. The molecule has 0 bridgehead atoms. The van der Waals surface area contributed by atoms with Crippen LogP contribution >= 0.6 is 27.3 Å². The number of halogens is 1. The fraction of sp³-hybridized carbons (Fsp3) is 0.429. The summed E-state index contributed by atoms with van der Waals surface area (Å²) in [5.41, 5.74) is 0. The summed E-state index contributed by atoms with van der Waals surface area (Å²) in [7, 11) is 0. The molecule has 1 rings (SSSR count). The summed E-state index contributed by atoms with van der Waals surface area (Å²) in [5, 5.41) is 2.00. The Labute approximate surface area is 86.3 Å². The van der Waals surface area contributed by atoms with Crippen molar-refractivity contribution in [1.82, 2.24) is 0 Å². The molecule has 0 aliphatic rings. The Morgan fingerprint density at radius 2 is 2.40 bits per heavy atom. The molecular formula is C7H8BrLiS. The minimum atomic E-state index is 0. The molecule has 0 fully saturated rings. The molecule has 0 N–H and O–H groups in total. The first kappa shape index (κ1) is 10.8.